The van der Waals surface area contributed by atoms with Gasteiger partial charge in [0.2, 0.25) is 5.91 Å². The lowest BCUT2D eigenvalue weighted by Gasteiger charge is -2.28. The summed E-state index contributed by atoms with van der Waals surface area (Å²) in [6, 6.07) is 0.242. The van der Waals surface area contributed by atoms with Gasteiger partial charge in [-0.05, 0) is 19.8 Å². The monoisotopic (exact) mass is 257 g/mol. The van der Waals surface area contributed by atoms with Gasteiger partial charge in [-0.25, -0.2) is 0 Å². The summed E-state index contributed by atoms with van der Waals surface area (Å²) in [5.41, 5.74) is 5.59. The number of hydrogen-bond donors (Lipinski definition) is 2. The molecule has 1 amide bonds. The lowest BCUT2D eigenvalue weighted by atomic mass is 10.2. The molecule has 1 aliphatic rings. The van der Waals surface area contributed by atoms with E-state index < -0.39 is 0 Å². The highest BCUT2D eigenvalue weighted by Gasteiger charge is 2.24. The summed E-state index contributed by atoms with van der Waals surface area (Å²) in [6.45, 7) is 4.59. The van der Waals surface area contributed by atoms with Crippen LogP contribution in [0.2, 0.25) is 0 Å². The van der Waals surface area contributed by atoms with Crippen molar-refractivity contribution >= 4 is 5.91 Å². The molecule has 5 nitrogen and oxygen atoms in total. The fourth-order valence-electron chi connectivity index (χ4n) is 2.43. The second kappa shape index (κ2) is 8.45. The van der Waals surface area contributed by atoms with Crippen molar-refractivity contribution < 1.29 is 9.53 Å². The molecule has 1 fully saturated rings. The minimum atomic E-state index is -0.135. The van der Waals surface area contributed by atoms with Crippen LogP contribution >= 0.6 is 0 Å². The number of amides is 1. The Morgan fingerprint density at radius 1 is 1.44 bits per heavy atom. The maximum absolute atomic E-state index is 12.1. The van der Waals surface area contributed by atoms with Crippen LogP contribution in [0.4, 0.5) is 0 Å². The largest absolute Gasteiger partial charge is 0.383 e. The van der Waals surface area contributed by atoms with E-state index in [1.165, 1.54) is 12.8 Å². The topological polar surface area (TPSA) is 67.6 Å². The Morgan fingerprint density at radius 3 is 2.67 bits per heavy atom. The van der Waals surface area contributed by atoms with Crippen LogP contribution < -0.4 is 11.1 Å². The number of ether oxygens (including phenoxy) is 1. The SMILES string of the molecule is COCCN(CCN)C(C)C(=O)NC1CCCC1. The maximum Gasteiger partial charge on any atom is 0.237 e. The molecule has 0 heterocycles. The molecule has 1 saturated carbocycles. The fourth-order valence-corrected chi connectivity index (χ4v) is 2.43. The van der Waals surface area contributed by atoms with Gasteiger partial charge >= 0.3 is 0 Å². The number of nitrogens with two attached hydrogens (primary N) is 1. The highest BCUT2D eigenvalue weighted by molar-refractivity contribution is 5.81. The van der Waals surface area contributed by atoms with E-state index in [1.54, 1.807) is 7.11 Å². The van der Waals surface area contributed by atoms with Crippen LogP contribution in [0.25, 0.3) is 0 Å². The van der Waals surface area contributed by atoms with Crippen molar-refractivity contribution in [2.24, 2.45) is 5.73 Å². The van der Waals surface area contributed by atoms with Gasteiger partial charge < -0.3 is 15.8 Å². The van der Waals surface area contributed by atoms with E-state index in [0.717, 1.165) is 25.9 Å². The first-order chi connectivity index (χ1) is 8.69. The van der Waals surface area contributed by atoms with Gasteiger partial charge in [0, 0.05) is 32.8 Å². The van der Waals surface area contributed by atoms with E-state index in [2.05, 4.69) is 10.2 Å². The van der Waals surface area contributed by atoms with Crippen LogP contribution in [0.1, 0.15) is 32.6 Å². The van der Waals surface area contributed by atoms with Gasteiger partial charge in [-0.2, -0.15) is 0 Å². The quantitative estimate of drug-likeness (QED) is 0.658. The predicted octanol–water partition coefficient (Wildman–Crippen LogP) is 0.341. The van der Waals surface area contributed by atoms with Crippen molar-refractivity contribution in [1.29, 1.82) is 0 Å². The maximum atomic E-state index is 12.1. The summed E-state index contributed by atoms with van der Waals surface area (Å²) < 4.78 is 5.07. The number of carbonyl (C=O) groups excluding carboxylic acids is 1. The molecule has 5 heteroatoms. The molecule has 18 heavy (non-hydrogen) atoms. The van der Waals surface area contributed by atoms with E-state index in [0.29, 0.717) is 19.2 Å². The fraction of sp³-hybridized carbons (Fsp3) is 0.923. The minimum absolute atomic E-state index is 0.117. The van der Waals surface area contributed by atoms with E-state index in [4.69, 9.17) is 10.5 Å². The van der Waals surface area contributed by atoms with Gasteiger partial charge in [-0.15, -0.1) is 0 Å². The molecule has 106 valence electrons. The Bertz CT molecular complexity index is 242. The van der Waals surface area contributed by atoms with Crippen molar-refractivity contribution in [2.45, 2.75) is 44.7 Å². The molecule has 0 saturated heterocycles. The standard InChI is InChI=1S/C13H27N3O2/c1-11(16(8-7-14)9-10-18-2)13(17)15-12-5-3-4-6-12/h11-12H,3-10,14H2,1-2H3,(H,15,17). The number of rotatable bonds is 8. The molecule has 0 aromatic rings. The van der Waals surface area contributed by atoms with Gasteiger partial charge in [-0.1, -0.05) is 12.8 Å². The van der Waals surface area contributed by atoms with E-state index in [9.17, 15) is 4.79 Å². The van der Waals surface area contributed by atoms with Crippen molar-refractivity contribution in [2.75, 3.05) is 33.4 Å². The van der Waals surface area contributed by atoms with Gasteiger partial charge in [0.05, 0.1) is 12.6 Å². The highest BCUT2D eigenvalue weighted by Crippen LogP contribution is 2.17. The molecule has 3 N–H and O–H groups in total. The number of hydrogen-bond acceptors (Lipinski definition) is 4. The number of nitrogens with zero attached hydrogens (tertiary/aromatic N) is 1. The van der Waals surface area contributed by atoms with Crippen LogP contribution in [-0.2, 0) is 9.53 Å². The molecule has 0 aromatic carbocycles. The van der Waals surface area contributed by atoms with Crippen LogP contribution in [0, 0.1) is 0 Å². The summed E-state index contributed by atoms with van der Waals surface area (Å²) >= 11 is 0. The highest BCUT2D eigenvalue weighted by atomic mass is 16.5. The summed E-state index contributed by atoms with van der Waals surface area (Å²) in [4.78, 5) is 14.2. The van der Waals surface area contributed by atoms with Crippen molar-refractivity contribution in [1.82, 2.24) is 10.2 Å². The Kier molecular flexibility index (Phi) is 7.23. The van der Waals surface area contributed by atoms with Crippen LogP contribution in [0.3, 0.4) is 0 Å². The summed E-state index contributed by atoms with van der Waals surface area (Å²) in [6.07, 6.45) is 4.70. The average Bonchev–Trinajstić information content (AvgIpc) is 2.86. The van der Waals surface area contributed by atoms with Crippen molar-refractivity contribution in [3.05, 3.63) is 0 Å². The zero-order chi connectivity index (χ0) is 13.4. The van der Waals surface area contributed by atoms with Crippen molar-refractivity contribution in [3.8, 4) is 0 Å². The van der Waals surface area contributed by atoms with E-state index >= 15 is 0 Å². The predicted molar refractivity (Wildman–Crippen MR) is 72.4 cm³/mol. The first kappa shape index (κ1) is 15.4. The number of carbonyl (C=O) groups is 1. The van der Waals surface area contributed by atoms with Gasteiger partial charge in [0.1, 0.15) is 0 Å². The minimum Gasteiger partial charge on any atom is -0.383 e. The molecule has 0 spiro atoms. The second-order valence-corrected chi connectivity index (χ2v) is 4.98. The third-order valence-electron chi connectivity index (χ3n) is 3.63. The smallest absolute Gasteiger partial charge is 0.237 e. The van der Waals surface area contributed by atoms with Crippen LogP contribution in [0.5, 0.6) is 0 Å². The number of methoxy groups -OCH3 is 1. The second-order valence-electron chi connectivity index (χ2n) is 4.98. The Morgan fingerprint density at radius 2 is 2.11 bits per heavy atom. The Balaban J connectivity index is 2.41. The van der Waals surface area contributed by atoms with Gasteiger partial charge in [-0.3, -0.25) is 9.69 Å². The lowest BCUT2D eigenvalue weighted by molar-refractivity contribution is -0.126. The lowest BCUT2D eigenvalue weighted by Crippen LogP contribution is -2.50. The molecule has 1 rings (SSSR count). The Hall–Kier alpha value is -0.650. The van der Waals surface area contributed by atoms with Gasteiger partial charge in [0.25, 0.3) is 0 Å². The summed E-state index contributed by atoms with van der Waals surface area (Å²) in [7, 11) is 1.67. The molecule has 1 atom stereocenters. The summed E-state index contributed by atoms with van der Waals surface area (Å²) in [5.74, 6) is 0.117. The van der Waals surface area contributed by atoms with Crippen LogP contribution in [-0.4, -0.2) is 56.2 Å². The molecule has 0 aliphatic heterocycles. The van der Waals surface area contributed by atoms with Crippen LogP contribution in [0.15, 0.2) is 0 Å². The normalized spacial score (nSPS) is 18.2. The Labute approximate surface area is 110 Å². The van der Waals surface area contributed by atoms with Gasteiger partial charge in [0.15, 0.2) is 0 Å². The molecule has 0 aromatic heterocycles. The molecule has 0 radical (unpaired) electrons. The third kappa shape index (κ3) is 4.92. The molecule has 1 unspecified atom stereocenters. The first-order valence-corrected chi connectivity index (χ1v) is 6.92. The summed E-state index contributed by atoms with van der Waals surface area (Å²) in [5, 5.41) is 3.13. The zero-order valence-electron chi connectivity index (χ0n) is 11.7. The zero-order valence-corrected chi connectivity index (χ0v) is 11.7. The number of nitrogens with one attached hydrogen (secondary N) is 1. The molecule has 1 aliphatic carbocycles. The molecule has 0 bridgehead atoms. The van der Waals surface area contributed by atoms with E-state index in [1.807, 2.05) is 6.92 Å². The average molecular weight is 257 g/mol. The first-order valence-electron chi connectivity index (χ1n) is 6.92. The molecular weight excluding hydrogens is 230 g/mol. The molecular formula is C13H27N3O2. The van der Waals surface area contributed by atoms with E-state index in [-0.39, 0.29) is 11.9 Å². The van der Waals surface area contributed by atoms with Crippen molar-refractivity contribution in [3.63, 3.8) is 0 Å². The third-order valence-corrected chi connectivity index (χ3v) is 3.63.